The Balaban J connectivity index is 2.13. The molecule has 1 fully saturated rings. The molecule has 4 nitrogen and oxygen atoms in total. The number of amides is 1. The van der Waals surface area contributed by atoms with E-state index in [0.717, 1.165) is 25.9 Å². The topological polar surface area (TPSA) is 46.4 Å². The van der Waals surface area contributed by atoms with Gasteiger partial charge in [-0.2, -0.15) is 0 Å². The first-order valence-electron chi connectivity index (χ1n) is 4.77. The van der Waals surface area contributed by atoms with Crippen molar-refractivity contribution in [1.29, 1.82) is 0 Å². The first-order chi connectivity index (χ1) is 6.20. The molecule has 75 valence electrons. The minimum Gasteiger partial charge on any atom is -0.348 e. The van der Waals surface area contributed by atoms with Gasteiger partial charge in [0, 0.05) is 33.2 Å². The van der Waals surface area contributed by atoms with E-state index < -0.39 is 0 Å². The highest BCUT2D eigenvalue weighted by Gasteiger charge is 2.14. The average molecular weight is 184 g/mol. The molecule has 0 aromatic rings. The summed E-state index contributed by atoms with van der Waals surface area (Å²) in [6.07, 6.45) is 2.29. The zero-order valence-electron chi connectivity index (χ0n) is 8.42. The van der Waals surface area contributed by atoms with Gasteiger partial charge in [0.15, 0.2) is 0 Å². The van der Waals surface area contributed by atoms with E-state index in [4.69, 9.17) is 0 Å². The van der Waals surface area contributed by atoms with Crippen molar-refractivity contribution in [2.75, 3.05) is 33.7 Å². The first kappa shape index (κ1) is 10.5. The van der Waals surface area contributed by atoms with E-state index >= 15 is 0 Å². The van der Waals surface area contributed by atoms with Gasteiger partial charge in [-0.3, -0.25) is 4.79 Å². The van der Waals surface area contributed by atoms with Crippen LogP contribution < -0.4 is 10.6 Å². The summed E-state index contributed by atoms with van der Waals surface area (Å²) in [5.74, 6) is 0.130. The van der Waals surface area contributed by atoms with E-state index in [1.54, 1.807) is 19.0 Å². The summed E-state index contributed by atoms with van der Waals surface area (Å²) in [5.41, 5.74) is 0. The summed E-state index contributed by atoms with van der Waals surface area (Å²) in [6.45, 7) is 2.29. The Bertz CT molecular complexity index is 164. The molecule has 1 saturated heterocycles. The van der Waals surface area contributed by atoms with Gasteiger partial charge < -0.3 is 10.2 Å². The molecule has 1 rings (SSSR count). The maximum Gasteiger partial charge on any atom is 0.236 e. The molecule has 1 atom stereocenters. The number of nitrogens with one attached hydrogen (secondary N) is 1. The molecule has 1 aliphatic heterocycles. The Morgan fingerprint density at radius 1 is 1.62 bits per heavy atom. The van der Waals surface area contributed by atoms with E-state index in [9.17, 15) is 4.79 Å². The summed E-state index contributed by atoms with van der Waals surface area (Å²) < 4.78 is 0. The molecule has 1 heterocycles. The van der Waals surface area contributed by atoms with Crippen LogP contribution in [0.25, 0.3) is 0 Å². The van der Waals surface area contributed by atoms with E-state index in [1.807, 2.05) is 0 Å². The molecule has 1 aliphatic rings. The summed E-state index contributed by atoms with van der Waals surface area (Å²) >= 11 is 0. The second kappa shape index (κ2) is 5.19. The minimum absolute atomic E-state index is 0.130. The Kier molecular flexibility index (Phi) is 4.18. The lowest BCUT2D eigenvalue weighted by molar-refractivity contribution is -0.127. The number of piperidine rings is 1. The van der Waals surface area contributed by atoms with Crippen LogP contribution in [0.2, 0.25) is 0 Å². The van der Waals surface area contributed by atoms with Crippen LogP contribution in [0.4, 0.5) is 0 Å². The van der Waals surface area contributed by atoms with Crippen molar-refractivity contribution in [2.45, 2.75) is 18.9 Å². The third kappa shape index (κ3) is 3.74. The summed E-state index contributed by atoms with van der Waals surface area (Å²) in [6, 6.07) is 0.414. The molecule has 0 aromatic carbocycles. The van der Waals surface area contributed by atoms with Gasteiger partial charge in [-0.25, -0.2) is 5.32 Å². The third-order valence-electron chi connectivity index (χ3n) is 2.26. The number of carbonyl (C=O) groups excluding carboxylic acids is 1. The second-order valence-corrected chi connectivity index (χ2v) is 3.64. The fourth-order valence-electron chi connectivity index (χ4n) is 1.34. The highest BCUT2D eigenvalue weighted by atomic mass is 16.2. The van der Waals surface area contributed by atoms with Crippen LogP contribution in [0.5, 0.6) is 0 Å². The maximum absolute atomic E-state index is 11.2. The number of likely N-dealkylation sites (N-methyl/N-ethyl adjacent to an activating group) is 1. The molecule has 1 radical (unpaired) electrons. The fraction of sp³-hybridized carbons (Fsp3) is 0.889. The monoisotopic (exact) mass is 184 g/mol. The molecule has 1 amide bonds. The summed E-state index contributed by atoms with van der Waals surface area (Å²) in [5, 5.41) is 7.51. The SMILES string of the molecule is CN(C)C(=O)CNC1CCC[N]C1. The van der Waals surface area contributed by atoms with E-state index in [-0.39, 0.29) is 5.91 Å². The lowest BCUT2D eigenvalue weighted by Crippen LogP contribution is -2.44. The van der Waals surface area contributed by atoms with Crippen molar-refractivity contribution in [1.82, 2.24) is 15.5 Å². The smallest absolute Gasteiger partial charge is 0.236 e. The molecule has 0 aliphatic carbocycles. The number of nitrogens with zero attached hydrogens (tertiary/aromatic N) is 2. The third-order valence-corrected chi connectivity index (χ3v) is 2.26. The van der Waals surface area contributed by atoms with Gasteiger partial charge in [-0.15, -0.1) is 0 Å². The van der Waals surface area contributed by atoms with Gasteiger partial charge in [0.1, 0.15) is 0 Å². The Labute approximate surface area is 79.7 Å². The van der Waals surface area contributed by atoms with Crippen molar-refractivity contribution in [3.05, 3.63) is 0 Å². The lowest BCUT2D eigenvalue weighted by Gasteiger charge is -2.23. The van der Waals surface area contributed by atoms with E-state index in [1.165, 1.54) is 0 Å². The highest BCUT2D eigenvalue weighted by molar-refractivity contribution is 5.77. The van der Waals surface area contributed by atoms with Crippen molar-refractivity contribution in [2.24, 2.45) is 0 Å². The molecular weight excluding hydrogens is 166 g/mol. The average Bonchev–Trinajstić information content (AvgIpc) is 2.15. The predicted octanol–water partition coefficient (Wildman–Crippen LogP) is -0.569. The quantitative estimate of drug-likeness (QED) is 0.638. The van der Waals surface area contributed by atoms with Crippen LogP contribution in [-0.2, 0) is 4.79 Å². The van der Waals surface area contributed by atoms with Gasteiger partial charge >= 0.3 is 0 Å². The molecule has 1 unspecified atom stereocenters. The Hall–Kier alpha value is -0.610. The molecule has 4 heteroatoms. The zero-order valence-corrected chi connectivity index (χ0v) is 8.42. The summed E-state index contributed by atoms with van der Waals surface area (Å²) in [7, 11) is 3.55. The second-order valence-electron chi connectivity index (χ2n) is 3.64. The van der Waals surface area contributed by atoms with E-state index in [2.05, 4.69) is 10.6 Å². The number of carbonyl (C=O) groups is 1. The number of hydrogen-bond acceptors (Lipinski definition) is 2. The van der Waals surface area contributed by atoms with Crippen molar-refractivity contribution >= 4 is 5.91 Å². The van der Waals surface area contributed by atoms with Crippen LogP contribution >= 0.6 is 0 Å². The predicted molar refractivity (Wildman–Crippen MR) is 51.6 cm³/mol. The van der Waals surface area contributed by atoms with Crippen LogP contribution in [0.15, 0.2) is 0 Å². The van der Waals surface area contributed by atoms with Gasteiger partial charge in [0.25, 0.3) is 0 Å². The first-order valence-corrected chi connectivity index (χ1v) is 4.77. The Morgan fingerprint density at radius 2 is 2.38 bits per heavy atom. The Morgan fingerprint density at radius 3 is 2.92 bits per heavy atom. The lowest BCUT2D eigenvalue weighted by atomic mass is 10.1. The van der Waals surface area contributed by atoms with Gasteiger partial charge in [0.2, 0.25) is 5.91 Å². The van der Waals surface area contributed by atoms with Gasteiger partial charge in [-0.1, -0.05) is 0 Å². The highest BCUT2D eigenvalue weighted by Crippen LogP contribution is 2.01. The van der Waals surface area contributed by atoms with Gasteiger partial charge in [0.05, 0.1) is 6.54 Å². The van der Waals surface area contributed by atoms with Crippen molar-refractivity contribution < 1.29 is 4.79 Å². The van der Waals surface area contributed by atoms with Crippen LogP contribution in [0.3, 0.4) is 0 Å². The molecule has 0 bridgehead atoms. The van der Waals surface area contributed by atoms with Crippen molar-refractivity contribution in [3.63, 3.8) is 0 Å². The van der Waals surface area contributed by atoms with Crippen LogP contribution in [0, 0.1) is 0 Å². The van der Waals surface area contributed by atoms with Crippen molar-refractivity contribution in [3.8, 4) is 0 Å². The standard InChI is InChI=1S/C9H18N3O/c1-12(2)9(13)7-11-8-4-3-5-10-6-8/h8,11H,3-7H2,1-2H3. The molecular formula is C9H18N3O. The van der Waals surface area contributed by atoms with Crippen LogP contribution in [0.1, 0.15) is 12.8 Å². The molecule has 13 heavy (non-hydrogen) atoms. The number of hydrogen-bond donors (Lipinski definition) is 1. The normalized spacial score (nSPS) is 22.8. The zero-order chi connectivity index (χ0) is 9.68. The molecule has 0 saturated carbocycles. The number of rotatable bonds is 3. The fourth-order valence-corrected chi connectivity index (χ4v) is 1.34. The van der Waals surface area contributed by atoms with E-state index in [0.29, 0.717) is 12.6 Å². The van der Waals surface area contributed by atoms with Gasteiger partial charge in [-0.05, 0) is 12.8 Å². The largest absolute Gasteiger partial charge is 0.348 e. The summed E-state index contributed by atoms with van der Waals surface area (Å²) in [4.78, 5) is 12.8. The molecule has 0 spiro atoms. The molecule has 0 aromatic heterocycles. The minimum atomic E-state index is 0.130. The maximum atomic E-state index is 11.2. The molecule has 1 N–H and O–H groups in total. The van der Waals surface area contributed by atoms with Crippen LogP contribution in [-0.4, -0.2) is 50.6 Å².